The summed E-state index contributed by atoms with van der Waals surface area (Å²) in [6, 6.07) is 14.9. The molecule has 31 heavy (non-hydrogen) atoms. The quantitative estimate of drug-likeness (QED) is 0.298. The molecule has 2 aromatic carbocycles. The zero-order valence-corrected chi connectivity index (χ0v) is 17.7. The summed E-state index contributed by atoms with van der Waals surface area (Å²) in [5.74, 6) is -1.76. The average Bonchev–Trinajstić information content (AvgIpc) is 3.32. The Bertz CT molecular complexity index is 1010. The van der Waals surface area contributed by atoms with Gasteiger partial charge in [-0.1, -0.05) is 30.3 Å². The van der Waals surface area contributed by atoms with Crippen LogP contribution in [0.1, 0.15) is 6.92 Å². The first kappa shape index (κ1) is 22.0. The number of esters is 1. The molecule has 0 aliphatic rings. The average molecular weight is 423 g/mol. The van der Waals surface area contributed by atoms with Gasteiger partial charge in [0.1, 0.15) is 5.75 Å². The number of imidazole rings is 1. The van der Waals surface area contributed by atoms with Crippen molar-refractivity contribution in [2.24, 2.45) is 5.92 Å². The van der Waals surface area contributed by atoms with Crippen LogP contribution in [0.25, 0.3) is 11.1 Å². The molecule has 0 aliphatic heterocycles. The van der Waals surface area contributed by atoms with Crippen molar-refractivity contribution >= 4 is 17.6 Å². The number of aromatic nitrogens is 2. The Hall–Kier alpha value is -3.65. The fourth-order valence-corrected chi connectivity index (χ4v) is 3.22. The minimum absolute atomic E-state index is 0.0716. The van der Waals surface area contributed by atoms with E-state index in [4.69, 9.17) is 14.3 Å². The minimum Gasteiger partial charge on any atom is -0.497 e. The van der Waals surface area contributed by atoms with Crippen molar-refractivity contribution in [3.8, 4) is 16.9 Å². The van der Waals surface area contributed by atoms with E-state index in [2.05, 4.69) is 4.98 Å². The van der Waals surface area contributed by atoms with E-state index in [1.54, 1.807) is 43.1 Å². The van der Waals surface area contributed by atoms with Crippen LogP contribution in [0.4, 0.5) is 5.69 Å². The molecular formula is C23H25N3O5. The Morgan fingerprint density at radius 3 is 2.52 bits per heavy atom. The number of rotatable bonds is 9. The molecule has 0 saturated carbocycles. The summed E-state index contributed by atoms with van der Waals surface area (Å²) >= 11 is 0. The van der Waals surface area contributed by atoms with E-state index >= 15 is 0 Å². The molecule has 8 nitrogen and oxygen atoms in total. The Balaban J connectivity index is 2.04. The number of anilines is 1. The fourth-order valence-electron chi connectivity index (χ4n) is 3.22. The van der Waals surface area contributed by atoms with E-state index in [0.717, 1.165) is 16.2 Å². The molecule has 1 amide bonds. The van der Waals surface area contributed by atoms with Crippen LogP contribution in [0.15, 0.2) is 67.3 Å². The monoisotopic (exact) mass is 423 g/mol. The summed E-state index contributed by atoms with van der Waals surface area (Å²) in [6.45, 7) is 1.93. The van der Waals surface area contributed by atoms with Crippen molar-refractivity contribution in [1.29, 1.82) is 0 Å². The SMILES string of the molecule is CCOC(=O)[C@@H](Cn1ccnc1)C(=O)N(OC)c1cc(OC)ccc1-c1ccccc1. The molecule has 0 N–H and O–H groups in total. The molecule has 1 atom stereocenters. The number of ether oxygens (including phenoxy) is 2. The number of methoxy groups -OCH3 is 1. The molecule has 162 valence electrons. The van der Waals surface area contributed by atoms with Crippen LogP contribution >= 0.6 is 0 Å². The molecule has 0 saturated heterocycles. The number of carbonyl (C=O) groups is 2. The predicted octanol–water partition coefficient (Wildman–Crippen LogP) is 3.33. The maximum atomic E-state index is 13.5. The molecule has 3 aromatic rings. The smallest absolute Gasteiger partial charge is 0.320 e. The fraction of sp³-hybridized carbons (Fsp3) is 0.261. The van der Waals surface area contributed by atoms with E-state index in [-0.39, 0.29) is 13.2 Å². The van der Waals surface area contributed by atoms with Gasteiger partial charge in [0.25, 0.3) is 5.91 Å². The third kappa shape index (κ3) is 5.10. The Morgan fingerprint density at radius 2 is 1.90 bits per heavy atom. The van der Waals surface area contributed by atoms with Crippen LogP contribution in [0.2, 0.25) is 0 Å². The molecular weight excluding hydrogens is 398 g/mol. The summed E-state index contributed by atoms with van der Waals surface area (Å²) in [7, 11) is 2.92. The largest absolute Gasteiger partial charge is 0.497 e. The van der Waals surface area contributed by atoms with Crippen LogP contribution in [-0.4, -0.2) is 42.3 Å². The van der Waals surface area contributed by atoms with Gasteiger partial charge < -0.3 is 14.0 Å². The number of benzene rings is 2. The van der Waals surface area contributed by atoms with Crippen LogP contribution < -0.4 is 9.80 Å². The lowest BCUT2D eigenvalue weighted by Crippen LogP contribution is -2.42. The molecule has 0 fully saturated rings. The summed E-state index contributed by atoms with van der Waals surface area (Å²) in [6.07, 6.45) is 4.80. The summed E-state index contributed by atoms with van der Waals surface area (Å²) < 4.78 is 12.2. The Morgan fingerprint density at radius 1 is 1.13 bits per heavy atom. The van der Waals surface area contributed by atoms with E-state index in [0.29, 0.717) is 11.4 Å². The number of hydrogen-bond acceptors (Lipinski definition) is 6. The highest BCUT2D eigenvalue weighted by Crippen LogP contribution is 2.35. The lowest BCUT2D eigenvalue weighted by atomic mass is 10.0. The number of carbonyl (C=O) groups excluding carboxylic acids is 2. The van der Waals surface area contributed by atoms with Gasteiger partial charge in [-0.2, -0.15) is 5.06 Å². The van der Waals surface area contributed by atoms with Gasteiger partial charge in [-0.25, -0.2) is 4.98 Å². The first-order valence-electron chi connectivity index (χ1n) is 9.83. The molecule has 0 spiro atoms. The van der Waals surface area contributed by atoms with Gasteiger partial charge in [-0.15, -0.1) is 0 Å². The van der Waals surface area contributed by atoms with Gasteiger partial charge in [0.15, 0.2) is 5.92 Å². The van der Waals surface area contributed by atoms with E-state index in [1.165, 1.54) is 13.4 Å². The standard InChI is InChI=1S/C23H25N3O5/c1-4-31-23(28)20(15-25-13-12-24-16-25)22(27)26(30-3)21-14-18(29-2)10-11-19(21)17-8-6-5-7-9-17/h5-14,16,20H,4,15H2,1-3H3/t20-/m0/s1. The maximum absolute atomic E-state index is 13.5. The molecule has 0 bridgehead atoms. The zero-order chi connectivity index (χ0) is 22.2. The van der Waals surface area contributed by atoms with Crippen molar-refractivity contribution in [1.82, 2.24) is 9.55 Å². The van der Waals surface area contributed by atoms with Crippen molar-refractivity contribution in [2.75, 3.05) is 25.9 Å². The second kappa shape index (κ2) is 10.4. The number of hydrogen-bond donors (Lipinski definition) is 0. The third-order valence-electron chi connectivity index (χ3n) is 4.71. The van der Waals surface area contributed by atoms with Crippen molar-refractivity contribution < 1.29 is 23.9 Å². The highest BCUT2D eigenvalue weighted by atomic mass is 16.7. The van der Waals surface area contributed by atoms with Crippen LogP contribution in [-0.2, 0) is 25.7 Å². The highest BCUT2D eigenvalue weighted by molar-refractivity contribution is 6.06. The normalized spacial score (nSPS) is 11.6. The molecule has 8 heteroatoms. The molecule has 3 rings (SSSR count). The lowest BCUT2D eigenvalue weighted by Gasteiger charge is -2.26. The highest BCUT2D eigenvalue weighted by Gasteiger charge is 2.35. The van der Waals surface area contributed by atoms with Crippen LogP contribution in [0, 0.1) is 5.92 Å². The van der Waals surface area contributed by atoms with Crippen molar-refractivity contribution in [2.45, 2.75) is 13.5 Å². The van der Waals surface area contributed by atoms with Gasteiger partial charge in [0, 0.05) is 30.6 Å². The van der Waals surface area contributed by atoms with Crippen molar-refractivity contribution in [3.05, 3.63) is 67.3 Å². The molecule has 1 heterocycles. The second-order valence-electron chi connectivity index (χ2n) is 6.63. The van der Waals surface area contributed by atoms with Gasteiger partial charge in [0.05, 0.1) is 32.8 Å². The van der Waals surface area contributed by atoms with Gasteiger partial charge in [0.2, 0.25) is 0 Å². The molecule has 0 radical (unpaired) electrons. The molecule has 1 aromatic heterocycles. The number of hydroxylamine groups is 1. The van der Waals surface area contributed by atoms with Gasteiger partial charge >= 0.3 is 5.97 Å². The van der Waals surface area contributed by atoms with Gasteiger partial charge in [-0.05, 0) is 24.6 Å². The third-order valence-corrected chi connectivity index (χ3v) is 4.71. The predicted molar refractivity (Wildman–Crippen MR) is 115 cm³/mol. The summed E-state index contributed by atoms with van der Waals surface area (Å²) in [5.41, 5.74) is 2.09. The zero-order valence-electron chi connectivity index (χ0n) is 17.7. The maximum Gasteiger partial charge on any atom is 0.320 e. The molecule has 0 unspecified atom stereocenters. The van der Waals surface area contributed by atoms with Crippen LogP contribution in [0.5, 0.6) is 5.75 Å². The first-order valence-corrected chi connectivity index (χ1v) is 9.83. The van der Waals surface area contributed by atoms with Gasteiger partial charge in [-0.3, -0.25) is 14.4 Å². The van der Waals surface area contributed by atoms with Crippen LogP contribution in [0.3, 0.4) is 0 Å². The Labute approximate surface area is 180 Å². The minimum atomic E-state index is -1.12. The van der Waals surface area contributed by atoms with Crippen molar-refractivity contribution in [3.63, 3.8) is 0 Å². The topological polar surface area (TPSA) is 82.9 Å². The summed E-state index contributed by atoms with van der Waals surface area (Å²) in [5, 5.41) is 1.11. The van der Waals surface area contributed by atoms with E-state index < -0.39 is 17.8 Å². The van der Waals surface area contributed by atoms with E-state index in [9.17, 15) is 9.59 Å². The number of amides is 1. The first-order chi connectivity index (χ1) is 15.1. The molecule has 0 aliphatic carbocycles. The Kier molecular flexibility index (Phi) is 7.40. The number of nitrogens with zero attached hydrogens (tertiary/aromatic N) is 3. The second-order valence-corrected chi connectivity index (χ2v) is 6.63. The van der Waals surface area contributed by atoms with E-state index in [1.807, 2.05) is 36.4 Å². The summed E-state index contributed by atoms with van der Waals surface area (Å²) in [4.78, 5) is 35.6. The lowest BCUT2D eigenvalue weighted by molar-refractivity contribution is -0.153.